The fourth-order valence-electron chi connectivity index (χ4n) is 3.53. The Bertz CT molecular complexity index is 720. The minimum Gasteiger partial charge on any atom is -0.497 e. The van der Waals surface area contributed by atoms with Crippen LogP contribution in [-0.4, -0.2) is 59.8 Å². The van der Waals surface area contributed by atoms with Gasteiger partial charge < -0.3 is 9.47 Å². The number of methoxy groups -OCH3 is 1. The van der Waals surface area contributed by atoms with Gasteiger partial charge in [-0.2, -0.15) is 0 Å². The third-order valence-corrected chi connectivity index (χ3v) is 5.61. The predicted octanol–water partition coefficient (Wildman–Crippen LogP) is 2.40. The molecule has 3 heterocycles. The van der Waals surface area contributed by atoms with E-state index in [1.807, 2.05) is 40.7 Å². The molecule has 7 heteroatoms. The van der Waals surface area contributed by atoms with E-state index < -0.39 is 0 Å². The molecular formula is C18H21N3O3S. The first-order valence-corrected chi connectivity index (χ1v) is 9.32. The van der Waals surface area contributed by atoms with Crippen molar-refractivity contribution in [3.63, 3.8) is 0 Å². The molecule has 1 amide bonds. The number of aromatic nitrogens is 1. The van der Waals surface area contributed by atoms with Gasteiger partial charge in [0.1, 0.15) is 16.9 Å². The number of nitrogens with zero attached hydrogens (tertiary/aromatic N) is 3. The average Bonchev–Trinajstić information content (AvgIpc) is 3.32. The number of carbonyl (C=O) groups excluding carboxylic acids is 1. The number of hydrogen-bond donors (Lipinski definition) is 0. The minimum atomic E-state index is -0.183. The van der Waals surface area contributed by atoms with Crippen molar-refractivity contribution in [1.82, 2.24) is 14.8 Å². The first kappa shape index (κ1) is 16.4. The summed E-state index contributed by atoms with van der Waals surface area (Å²) in [7, 11) is 1.66. The summed E-state index contributed by atoms with van der Waals surface area (Å²) in [4.78, 5) is 20.7. The molecule has 2 aromatic rings. The highest BCUT2D eigenvalue weighted by molar-refractivity contribution is 7.09. The van der Waals surface area contributed by atoms with Gasteiger partial charge >= 0.3 is 6.09 Å². The lowest BCUT2D eigenvalue weighted by atomic mass is 10.1. The summed E-state index contributed by atoms with van der Waals surface area (Å²) in [6, 6.07) is 8.13. The molecule has 2 aliphatic rings. The molecule has 6 nitrogen and oxygen atoms in total. The number of likely N-dealkylation sites (tertiary alicyclic amines) is 1. The Kier molecular flexibility index (Phi) is 4.59. The standard InChI is InChI=1S/C18H21N3O3S/c1-23-14-4-2-13(3-5-14)6-8-21-15-10-20(11-16(15)24-18(21)22)12-17-19-7-9-25-17/h2-5,7,9,15-16H,6,8,10-12H2,1H3/t15-,16+/m0/s1. The maximum absolute atomic E-state index is 12.2. The van der Waals surface area contributed by atoms with Crippen molar-refractivity contribution >= 4 is 17.4 Å². The Morgan fingerprint density at radius 1 is 1.32 bits per heavy atom. The van der Waals surface area contributed by atoms with E-state index in [9.17, 15) is 4.79 Å². The first-order chi connectivity index (χ1) is 12.2. The van der Waals surface area contributed by atoms with E-state index in [1.54, 1.807) is 18.4 Å². The van der Waals surface area contributed by atoms with Crippen LogP contribution in [0.5, 0.6) is 5.75 Å². The van der Waals surface area contributed by atoms with Crippen molar-refractivity contribution in [2.45, 2.75) is 25.1 Å². The molecule has 2 aliphatic heterocycles. The molecular weight excluding hydrogens is 338 g/mol. The number of carbonyl (C=O) groups is 1. The van der Waals surface area contributed by atoms with Gasteiger partial charge in [0, 0.05) is 31.2 Å². The van der Waals surface area contributed by atoms with Crippen molar-refractivity contribution in [3.8, 4) is 5.75 Å². The first-order valence-electron chi connectivity index (χ1n) is 8.44. The number of rotatable bonds is 6. The quantitative estimate of drug-likeness (QED) is 0.793. The highest BCUT2D eigenvalue weighted by atomic mass is 32.1. The molecule has 0 spiro atoms. The predicted molar refractivity (Wildman–Crippen MR) is 94.9 cm³/mol. The Labute approximate surface area is 151 Å². The zero-order valence-corrected chi connectivity index (χ0v) is 14.9. The maximum atomic E-state index is 12.2. The molecule has 0 saturated carbocycles. The second kappa shape index (κ2) is 7.01. The molecule has 0 radical (unpaired) electrons. The van der Waals surface area contributed by atoms with Crippen LogP contribution in [0.4, 0.5) is 4.79 Å². The summed E-state index contributed by atoms with van der Waals surface area (Å²) >= 11 is 1.67. The zero-order valence-electron chi connectivity index (χ0n) is 14.1. The van der Waals surface area contributed by atoms with E-state index in [4.69, 9.17) is 9.47 Å². The van der Waals surface area contributed by atoms with E-state index in [2.05, 4.69) is 9.88 Å². The van der Waals surface area contributed by atoms with Gasteiger partial charge in [0.05, 0.1) is 19.7 Å². The lowest BCUT2D eigenvalue weighted by Gasteiger charge is -2.22. The monoisotopic (exact) mass is 359 g/mol. The van der Waals surface area contributed by atoms with Crippen LogP contribution in [0.25, 0.3) is 0 Å². The molecule has 0 unspecified atom stereocenters. The van der Waals surface area contributed by atoms with Crippen molar-refractivity contribution in [3.05, 3.63) is 46.4 Å². The van der Waals surface area contributed by atoms with E-state index in [0.717, 1.165) is 36.8 Å². The van der Waals surface area contributed by atoms with Crippen molar-refractivity contribution in [2.24, 2.45) is 0 Å². The molecule has 2 fully saturated rings. The van der Waals surface area contributed by atoms with Gasteiger partial charge in [0.15, 0.2) is 0 Å². The van der Waals surface area contributed by atoms with E-state index in [1.165, 1.54) is 5.56 Å². The van der Waals surface area contributed by atoms with Gasteiger partial charge in [-0.25, -0.2) is 9.78 Å². The zero-order chi connectivity index (χ0) is 17.2. The molecule has 0 N–H and O–H groups in total. The van der Waals surface area contributed by atoms with Gasteiger partial charge in [-0.05, 0) is 24.1 Å². The minimum absolute atomic E-state index is 0.0247. The van der Waals surface area contributed by atoms with E-state index in [-0.39, 0.29) is 18.2 Å². The molecule has 132 valence electrons. The maximum Gasteiger partial charge on any atom is 0.410 e. The van der Waals surface area contributed by atoms with Crippen molar-refractivity contribution in [2.75, 3.05) is 26.7 Å². The number of thiazole rings is 1. The third kappa shape index (κ3) is 3.48. The normalized spacial score (nSPS) is 22.9. The molecule has 1 aromatic carbocycles. The third-order valence-electron chi connectivity index (χ3n) is 4.84. The fourth-order valence-corrected chi connectivity index (χ4v) is 4.19. The highest BCUT2D eigenvalue weighted by Gasteiger charge is 2.47. The Morgan fingerprint density at radius 3 is 2.88 bits per heavy atom. The summed E-state index contributed by atoms with van der Waals surface area (Å²) in [5.74, 6) is 0.845. The van der Waals surface area contributed by atoms with Crippen molar-refractivity contribution in [1.29, 1.82) is 0 Å². The summed E-state index contributed by atoms with van der Waals surface area (Å²) in [5.41, 5.74) is 1.19. The molecule has 0 aliphatic carbocycles. The summed E-state index contributed by atoms with van der Waals surface area (Å²) < 4.78 is 10.8. The molecule has 25 heavy (non-hydrogen) atoms. The number of amides is 1. The topological polar surface area (TPSA) is 54.9 Å². The molecule has 1 aromatic heterocycles. The van der Waals surface area contributed by atoms with Crippen LogP contribution in [0.3, 0.4) is 0 Å². The largest absolute Gasteiger partial charge is 0.497 e. The fraction of sp³-hybridized carbons (Fsp3) is 0.444. The van der Waals surface area contributed by atoms with Gasteiger partial charge in [0.25, 0.3) is 0 Å². The SMILES string of the molecule is COc1ccc(CCN2C(=O)O[C@@H]3CN(Cc4nccs4)C[C@@H]32)cc1. The van der Waals surface area contributed by atoms with E-state index >= 15 is 0 Å². The van der Waals surface area contributed by atoms with Crippen LogP contribution >= 0.6 is 11.3 Å². The molecule has 0 bridgehead atoms. The number of hydrogen-bond acceptors (Lipinski definition) is 6. The second-order valence-electron chi connectivity index (χ2n) is 6.40. The smallest absolute Gasteiger partial charge is 0.410 e. The highest BCUT2D eigenvalue weighted by Crippen LogP contribution is 2.28. The van der Waals surface area contributed by atoms with Crippen LogP contribution < -0.4 is 4.74 Å². The van der Waals surface area contributed by atoms with Gasteiger partial charge in [-0.1, -0.05) is 12.1 Å². The van der Waals surface area contributed by atoms with Gasteiger partial charge in [0.2, 0.25) is 0 Å². The lowest BCUT2D eigenvalue weighted by Crippen LogP contribution is -2.39. The summed E-state index contributed by atoms with van der Waals surface area (Å²) in [6.07, 6.45) is 2.44. The van der Waals surface area contributed by atoms with E-state index in [0.29, 0.717) is 6.54 Å². The number of benzene rings is 1. The number of ether oxygens (including phenoxy) is 2. The molecule has 4 rings (SSSR count). The van der Waals surface area contributed by atoms with Gasteiger partial charge in [-0.3, -0.25) is 9.80 Å². The molecule has 2 atom stereocenters. The van der Waals surface area contributed by atoms with Crippen molar-refractivity contribution < 1.29 is 14.3 Å². The average molecular weight is 359 g/mol. The van der Waals surface area contributed by atoms with Crippen LogP contribution in [0.15, 0.2) is 35.8 Å². The second-order valence-corrected chi connectivity index (χ2v) is 7.38. The van der Waals surface area contributed by atoms with Crippen LogP contribution in [0, 0.1) is 0 Å². The Morgan fingerprint density at radius 2 is 2.16 bits per heavy atom. The van der Waals surface area contributed by atoms with Crippen LogP contribution in [-0.2, 0) is 17.7 Å². The number of fused-ring (bicyclic) bond motifs is 1. The lowest BCUT2D eigenvalue weighted by molar-refractivity contribution is 0.120. The molecule has 2 saturated heterocycles. The summed E-state index contributed by atoms with van der Waals surface area (Å²) in [5, 5.41) is 3.10. The summed E-state index contributed by atoms with van der Waals surface area (Å²) in [6.45, 7) is 3.14. The van der Waals surface area contributed by atoms with Gasteiger partial charge in [-0.15, -0.1) is 11.3 Å². The Hall–Kier alpha value is -2.12. The van der Waals surface area contributed by atoms with Crippen LogP contribution in [0.2, 0.25) is 0 Å². The Balaban J connectivity index is 1.35. The van der Waals surface area contributed by atoms with Crippen LogP contribution in [0.1, 0.15) is 10.6 Å².